The number of rotatable bonds is 4. The molecule has 0 unspecified atom stereocenters. The molecule has 0 aliphatic carbocycles. The lowest BCUT2D eigenvalue weighted by atomic mass is 10.0. The van der Waals surface area contributed by atoms with Crippen LogP contribution in [0.5, 0.6) is 0 Å². The number of benzene rings is 2. The van der Waals surface area contributed by atoms with Crippen molar-refractivity contribution >= 4 is 11.0 Å². The molecule has 1 saturated heterocycles. The Bertz CT molecular complexity index is 782. The van der Waals surface area contributed by atoms with E-state index in [0.29, 0.717) is 6.04 Å². The van der Waals surface area contributed by atoms with Crippen LogP contribution >= 0.6 is 0 Å². The van der Waals surface area contributed by atoms with Gasteiger partial charge in [-0.3, -0.25) is 0 Å². The summed E-state index contributed by atoms with van der Waals surface area (Å²) in [6, 6.07) is 17.4. The Morgan fingerprint density at radius 3 is 2.67 bits per heavy atom. The number of imidazole rings is 1. The summed E-state index contributed by atoms with van der Waals surface area (Å²) < 4.78 is 0. The Labute approximate surface area is 142 Å². The van der Waals surface area contributed by atoms with E-state index in [0.717, 1.165) is 23.4 Å². The SMILES string of the molecule is CN1CCC(NCc2ccccc2-c2nc3ccccc3[nH]2)CC1. The number of H-pyrrole nitrogens is 1. The number of hydrogen-bond acceptors (Lipinski definition) is 3. The largest absolute Gasteiger partial charge is 0.338 e. The van der Waals surface area contributed by atoms with Gasteiger partial charge >= 0.3 is 0 Å². The van der Waals surface area contributed by atoms with E-state index >= 15 is 0 Å². The Kier molecular flexibility index (Phi) is 4.32. The molecule has 2 aromatic carbocycles. The number of fused-ring (bicyclic) bond motifs is 1. The van der Waals surface area contributed by atoms with Crippen LogP contribution in [0, 0.1) is 0 Å². The maximum absolute atomic E-state index is 4.76. The fourth-order valence-electron chi connectivity index (χ4n) is 3.45. The lowest BCUT2D eigenvalue weighted by Gasteiger charge is -2.29. The summed E-state index contributed by atoms with van der Waals surface area (Å²) in [7, 11) is 2.20. The van der Waals surface area contributed by atoms with Crippen molar-refractivity contribution in [3.05, 3.63) is 54.1 Å². The van der Waals surface area contributed by atoms with Gasteiger partial charge in [-0.05, 0) is 50.7 Å². The number of nitrogens with one attached hydrogen (secondary N) is 2. The standard InChI is InChI=1S/C20H24N4/c1-24-12-10-16(11-13-24)21-14-15-6-2-3-7-17(15)20-22-18-8-4-5-9-19(18)23-20/h2-9,16,21H,10-14H2,1H3,(H,22,23). The van der Waals surface area contributed by atoms with Crippen molar-refractivity contribution in [3.8, 4) is 11.4 Å². The number of piperidine rings is 1. The number of aromatic amines is 1. The van der Waals surface area contributed by atoms with Gasteiger partial charge in [-0.15, -0.1) is 0 Å². The molecule has 1 aromatic heterocycles. The first-order chi connectivity index (χ1) is 11.8. The van der Waals surface area contributed by atoms with Crippen LogP contribution in [0.1, 0.15) is 18.4 Å². The lowest BCUT2D eigenvalue weighted by Crippen LogP contribution is -2.40. The van der Waals surface area contributed by atoms with E-state index in [-0.39, 0.29) is 0 Å². The Morgan fingerprint density at radius 1 is 1.08 bits per heavy atom. The van der Waals surface area contributed by atoms with E-state index in [2.05, 4.69) is 58.6 Å². The minimum Gasteiger partial charge on any atom is -0.338 e. The summed E-state index contributed by atoms with van der Waals surface area (Å²) in [4.78, 5) is 10.6. The Balaban J connectivity index is 1.54. The van der Waals surface area contributed by atoms with Gasteiger partial charge in [0.15, 0.2) is 0 Å². The molecule has 0 atom stereocenters. The molecular formula is C20H24N4. The lowest BCUT2D eigenvalue weighted by molar-refractivity contribution is 0.234. The van der Waals surface area contributed by atoms with Gasteiger partial charge < -0.3 is 15.2 Å². The summed E-state index contributed by atoms with van der Waals surface area (Å²) in [6.45, 7) is 3.26. The monoisotopic (exact) mass is 320 g/mol. The molecule has 0 amide bonds. The van der Waals surface area contributed by atoms with Gasteiger partial charge in [0.25, 0.3) is 0 Å². The van der Waals surface area contributed by atoms with Crippen LogP contribution in [-0.2, 0) is 6.54 Å². The van der Waals surface area contributed by atoms with E-state index in [9.17, 15) is 0 Å². The van der Waals surface area contributed by atoms with Crippen LogP contribution in [0.4, 0.5) is 0 Å². The van der Waals surface area contributed by atoms with Crippen molar-refractivity contribution in [2.24, 2.45) is 0 Å². The van der Waals surface area contributed by atoms with Crippen LogP contribution in [0.15, 0.2) is 48.5 Å². The van der Waals surface area contributed by atoms with E-state index in [4.69, 9.17) is 4.98 Å². The first kappa shape index (κ1) is 15.4. The molecule has 0 spiro atoms. The molecule has 4 rings (SSSR count). The highest BCUT2D eigenvalue weighted by molar-refractivity contribution is 5.79. The highest BCUT2D eigenvalue weighted by Crippen LogP contribution is 2.24. The second-order valence-corrected chi connectivity index (χ2v) is 6.72. The van der Waals surface area contributed by atoms with Crippen LogP contribution in [-0.4, -0.2) is 41.0 Å². The van der Waals surface area contributed by atoms with Crippen molar-refractivity contribution < 1.29 is 0 Å². The maximum atomic E-state index is 4.76. The number of para-hydroxylation sites is 2. The van der Waals surface area contributed by atoms with Gasteiger partial charge in [0, 0.05) is 18.2 Å². The van der Waals surface area contributed by atoms with Crippen molar-refractivity contribution in [1.29, 1.82) is 0 Å². The molecule has 4 heteroatoms. The van der Waals surface area contributed by atoms with Gasteiger partial charge in [-0.1, -0.05) is 36.4 Å². The van der Waals surface area contributed by atoms with Crippen LogP contribution in [0.25, 0.3) is 22.4 Å². The zero-order valence-electron chi connectivity index (χ0n) is 14.1. The summed E-state index contributed by atoms with van der Waals surface area (Å²) >= 11 is 0. The van der Waals surface area contributed by atoms with E-state index in [1.165, 1.54) is 37.1 Å². The molecule has 4 nitrogen and oxygen atoms in total. The van der Waals surface area contributed by atoms with Gasteiger partial charge in [0.2, 0.25) is 0 Å². The zero-order chi connectivity index (χ0) is 16.4. The molecule has 1 aliphatic rings. The number of nitrogens with zero attached hydrogens (tertiary/aromatic N) is 2. The minimum absolute atomic E-state index is 0.616. The van der Waals surface area contributed by atoms with Crippen molar-refractivity contribution in [3.63, 3.8) is 0 Å². The molecule has 0 radical (unpaired) electrons. The van der Waals surface area contributed by atoms with E-state index in [1.807, 2.05) is 12.1 Å². The van der Waals surface area contributed by atoms with Crippen molar-refractivity contribution in [2.75, 3.05) is 20.1 Å². The van der Waals surface area contributed by atoms with Gasteiger partial charge in [-0.25, -0.2) is 4.98 Å². The molecule has 24 heavy (non-hydrogen) atoms. The first-order valence-electron chi connectivity index (χ1n) is 8.74. The third kappa shape index (κ3) is 3.21. The third-order valence-corrected chi connectivity index (χ3v) is 4.96. The molecule has 2 heterocycles. The summed E-state index contributed by atoms with van der Waals surface area (Å²) in [5.74, 6) is 0.956. The predicted molar refractivity (Wildman–Crippen MR) is 98.9 cm³/mol. The van der Waals surface area contributed by atoms with Gasteiger partial charge in [0.05, 0.1) is 11.0 Å². The molecule has 2 N–H and O–H groups in total. The van der Waals surface area contributed by atoms with Crippen LogP contribution in [0.2, 0.25) is 0 Å². The topological polar surface area (TPSA) is 44.0 Å². The average Bonchev–Trinajstić information content (AvgIpc) is 3.05. The Morgan fingerprint density at radius 2 is 1.83 bits per heavy atom. The zero-order valence-corrected chi connectivity index (χ0v) is 14.1. The smallest absolute Gasteiger partial charge is 0.138 e. The van der Waals surface area contributed by atoms with Crippen molar-refractivity contribution in [2.45, 2.75) is 25.4 Å². The quantitative estimate of drug-likeness (QED) is 0.774. The van der Waals surface area contributed by atoms with Gasteiger partial charge in [0.1, 0.15) is 5.82 Å². The van der Waals surface area contributed by atoms with E-state index < -0.39 is 0 Å². The van der Waals surface area contributed by atoms with Crippen LogP contribution in [0.3, 0.4) is 0 Å². The summed E-state index contributed by atoms with van der Waals surface area (Å²) in [6.07, 6.45) is 2.45. The summed E-state index contributed by atoms with van der Waals surface area (Å²) in [5.41, 5.74) is 4.60. The second kappa shape index (κ2) is 6.75. The number of likely N-dealkylation sites (tertiary alicyclic amines) is 1. The van der Waals surface area contributed by atoms with E-state index in [1.54, 1.807) is 0 Å². The predicted octanol–water partition coefficient (Wildman–Crippen LogP) is 3.41. The third-order valence-electron chi connectivity index (χ3n) is 4.96. The molecular weight excluding hydrogens is 296 g/mol. The van der Waals surface area contributed by atoms with Crippen molar-refractivity contribution in [1.82, 2.24) is 20.2 Å². The first-order valence-corrected chi connectivity index (χ1v) is 8.74. The van der Waals surface area contributed by atoms with Crippen LogP contribution < -0.4 is 5.32 Å². The fraction of sp³-hybridized carbons (Fsp3) is 0.350. The molecule has 0 saturated carbocycles. The Hall–Kier alpha value is -2.17. The fourth-order valence-corrected chi connectivity index (χ4v) is 3.45. The number of hydrogen-bond donors (Lipinski definition) is 2. The molecule has 3 aromatic rings. The summed E-state index contributed by atoms with van der Waals surface area (Å²) in [5, 5.41) is 3.73. The average molecular weight is 320 g/mol. The highest BCUT2D eigenvalue weighted by Gasteiger charge is 2.17. The number of aromatic nitrogens is 2. The molecule has 1 fully saturated rings. The minimum atomic E-state index is 0.616. The maximum Gasteiger partial charge on any atom is 0.138 e. The second-order valence-electron chi connectivity index (χ2n) is 6.72. The molecule has 124 valence electrons. The highest BCUT2D eigenvalue weighted by atomic mass is 15.1. The normalized spacial score (nSPS) is 16.7. The molecule has 1 aliphatic heterocycles. The van der Waals surface area contributed by atoms with Gasteiger partial charge in [-0.2, -0.15) is 0 Å². The molecule has 0 bridgehead atoms.